The SMILES string of the molecule is CN1CCCC1c1cnc(N2CCOC2=O)cn1. The molecular weight excluding hydrogens is 232 g/mol. The van der Waals surface area contributed by atoms with Crippen LogP contribution >= 0.6 is 0 Å². The van der Waals surface area contributed by atoms with Gasteiger partial charge in [-0.2, -0.15) is 0 Å². The fourth-order valence-corrected chi connectivity index (χ4v) is 2.53. The molecule has 0 bridgehead atoms. The zero-order chi connectivity index (χ0) is 12.5. The number of ether oxygens (including phenoxy) is 1. The van der Waals surface area contributed by atoms with E-state index >= 15 is 0 Å². The average Bonchev–Trinajstić information content (AvgIpc) is 2.98. The van der Waals surface area contributed by atoms with Crippen molar-refractivity contribution in [3.8, 4) is 0 Å². The Hall–Kier alpha value is -1.69. The minimum atomic E-state index is -0.338. The highest BCUT2D eigenvalue weighted by Crippen LogP contribution is 2.29. The molecule has 1 atom stereocenters. The van der Waals surface area contributed by atoms with Crippen molar-refractivity contribution in [2.75, 3.05) is 31.6 Å². The smallest absolute Gasteiger partial charge is 0.415 e. The highest BCUT2D eigenvalue weighted by atomic mass is 16.6. The number of anilines is 1. The van der Waals surface area contributed by atoms with Gasteiger partial charge in [0.15, 0.2) is 5.82 Å². The van der Waals surface area contributed by atoms with Gasteiger partial charge in [0, 0.05) is 0 Å². The zero-order valence-electron chi connectivity index (χ0n) is 10.4. The summed E-state index contributed by atoms with van der Waals surface area (Å²) in [7, 11) is 2.10. The van der Waals surface area contributed by atoms with Crippen LogP contribution < -0.4 is 4.90 Å². The van der Waals surface area contributed by atoms with Gasteiger partial charge in [-0.1, -0.05) is 0 Å². The third-order valence-corrected chi connectivity index (χ3v) is 3.56. The van der Waals surface area contributed by atoms with Crippen molar-refractivity contribution in [1.29, 1.82) is 0 Å². The Morgan fingerprint density at radius 3 is 2.78 bits per heavy atom. The Morgan fingerprint density at radius 1 is 1.33 bits per heavy atom. The summed E-state index contributed by atoms with van der Waals surface area (Å²) in [6.07, 6.45) is 5.41. The molecule has 96 valence electrons. The standard InChI is InChI=1S/C12H16N4O2/c1-15-4-2-3-10(15)9-7-14-11(8-13-9)16-5-6-18-12(16)17/h7-8,10H,2-6H2,1H3. The zero-order valence-corrected chi connectivity index (χ0v) is 10.4. The predicted molar refractivity (Wildman–Crippen MR) is 65.3 cm³/mol. The fourth-order valence-electron chi connectivity index (χ4n) is 2.53. The highest BCUT2D eigenvalue weighted by molar-refractivity contribution is 5.87. The summed E-state index contributed by atoms with van der Waals surface area (Å²) in [5.41, 5.74) is 0.978. The van der Waals surface area contributed by atoms with Crippen LogP contribution in [0, 0.1) is 0 Å². The normalized spacial score (nSPS) is 24.6. The molecule has 6 nitrogen and oxygen atoms in total. The number of nitrogens with zero attached hydrogens (tertiary/aromatic N) is 4. The Morgan fingerprint density at radius 2 is 2.22 bits per heavy atom. The molecule has 3 heterocycles. The van der Waals surface area contributed by atoms with Crippen molar-refractivity contribution >= 4 is 11.9 Å². The molecule has 2 saturated heterocycles. The molecule has 3 rings (SSSR count). The minimum absolute atomic E-state index is 0.338. The topological polar surface area (TPSA) is 58.6 Å². The van der Waals surface area contributed by atoms with E-state index in [1.807, 2.05) is 0 Å². The van der Waals surface area contributed by atoms with Crippen LogP contribution in [0.5, 0.6) is 0 Å². The number of rotatable bonds is 2. The third-order valence-electron chi connectivity index (χ3n) is 3.56. The van der Waals surface area contributed by atoms with Gasteiger partial charge in [-0.3, -0.25) is 14.8 Å². The first-order chi connectivity index (χ1) is 8.75. The molecule has 6 heteroatoms. The van der Waals surface area contributed by atoms with Crippen molar-refractivity contribution < 1.29 is 9.53 Å². The second-order valence-electron chi connectivity index (χ2n) is 4.70. The summed E-state index contributed by atoms with van der Waals surface area (Å²) in [6.45, 7) is 2.08. The van der Waals surface area contributed by atoms with Crippen LogP contribution in [0.1, 0.15) is 24.6 Å². The predicted octanol–water partition coefficient (Wildman–Crippen LogP) is 1.20. The van der Waals surface area contributed by atoms with E-state index in [0.717, 1.165) is 18.7 Å². The van der Waals surface area contributed by atoms with E-state index in [4.69, 9.17) is 4.74 Å². The van der Waals surface area contributed by atoms with Crippen LogP contribution in [0.25, 0.3) is 0 Å². The largest absolute Gasteiger partial charge is 0.447 e. The Labute approximate surface area is 106 Å². The molecular formula is C12H16N4O2. The number of hydrogen-bond acceptors (Lipinski definition) is 5. The van der Waals surface area contributed by atoms with E-state index in [9.17, 15) is 4.79 Å². The summed E-state index contributed by atoms with van der Waals surface area (Å²) >= 11 is 0. The van der Waals surface area contributed by atoms with Crippen molar-refractivity contribution in [2.45, 2.75) is 18.9 Å². The maximum Gasteiger partial charge on any atom is 0.415 e. The molecule has 0 spiro atoms. The molecule has 18 heavy (non-hydrogen) atoms. The van der Waals surface area contributed by atoms with E-state index in [1.165, 1.54) is 11.3 Å². The van der Waals surface area contributed by atoms with Gasteiger partial charge >= 0.3 is 6.09 Å². The quantitative estimate of drug-likeness (QED) is 0.787. The molecule has 2 aliphatic heterocycles. The first-order valence-electron chi connectivity index (χ1n) is 6.22. The number of aromatic nitrogens is 2. The number of likely N-dealkylation sites (tertiary alicyclic amines) is 1. The lowest BCUT2D eigenvalue weighted by Gasteiger charge is -2.19. The lowest BCUT2D eigenvalue weighted by Crippen LogP contribution is -2.25. The van der Waals surface area contributed by atoms with E-state index in [1.54, 1.807) is 12.4 Å². The molecule has 0 radical (unpaired) electrons. The molecule has 0 aliphatic carbocycles. The van der Waals surface area contributed by atoms with Crippen LogP contribution in [0.3, 0.4) is 0 Å². The van der Waals surface area contributed by atoms with Gasteiger partial charge in [0.2, 0.25) is 0 Å². The number of carbonyl (C=O) groups excluding carboxylic acids is 1. The van der Waals surface area contributed by atoms with Gasteiger partial charge in [0.25, 0.3) is 0 Å². The molecule has 2 fully saturated rings. The number of amides is 1. The van der Waals surface area contributed by atoms with Gasteiger partial charge < -0.3 is 4.74 Å². The summed E-state index contributed by atoms with van der Waals surface area (Å²) in [6, 6.07) is 0.358. The van der Waals surface area contributed by atoms with Crippen molar-refractivity contribution in [3.63, 3.8) is 0 Å². The van der Waals surface area contributed by atoms with Crippen LogP contribution in [0.2, 0.25) is 0 Å². The third kappa shape index (κ3) is 1.92. The summed E-state index contributed by atoms with van der Waals surface area (Å²) < 4.78 is 4.88. The van der Waals surface area contributed by atoms with Gasteiger partial charge in [-0.05, 0) is 26.4 Å². The number of carbonyl (C=O) groups is 1. The highest BCUT2D eigenvalue weighted by Gasteiger charge is 2.27. The Balaban J connectivity index is 1.78. The van der Waals surface area contributed by atoms with Crippen molar-refractivity contribution in [1.82, 2.24) is 14.9 Å². The molecule has 1 aromatic heterocycles. The molecule has 0 aromatic carbocycles. The van der Waals surface area contributed by atoms with Crippen LogP contribution in [0.4, 0.5) is 10.6 Å². The van der Waals surface area contributed by atoms with E-state index in [0.29, 0.717) is 25.0 Å². The van der Waals surface area contributed by atoms with Crippen molar-refractivity contribution in [2.24, 2.45) is 0 Å². The van der Waals surface area contributed by atoms with Crippen LogP contribution in [0.15, 0.2) is 12.4 Å². The number of cyclic esters (lactones) is 1. The molecule has 0 N–H and O–H groups in total. The second-order valence-corrected chi connectivity index (χ2v) is 4.70. The molecule has 2 aliphatic rings. The Kier molecular flexibility index (Phi) is 2.87. The first-order valence-corrected chi connectivity index (χ1v) is 6.22. The molecule has 1 unspecified atom stereocenters. The van der Waals surface area contributed by atoms with Gasteiger partial charge in [0.1, 0.15) is 6.61 Å². The molecule has 1 amide bonds. The number of hydrogen-bond donors (Lipinski definition) is 0. The average molecular weight is 248 g/mol. The molecule has 1 aromatic rings. The van der Waals surface area contributed by atoms with Crippen LogP contribution in [-0.2, 0) is 4.74 Å². The fraction of sp³-hybridized carbons (Fsp3) is 0.583. The lowest BCUT2D eigenvalue weighted by atomic mass is 10.1. The van der Waals surface area contributed by atoms with Crippen molar-refractivity contribution in [3.05, 3.63) is 18.1 Å². The van der Waals surface area contributed by atoms with E-state index in [-0.39, 0.29) is 6.09 Å². The maximum atomic E-state index is 11.4. The van der Waals surface area contributed by atoms with Gasteiger partial charge in [0.05, 0.1) is 30.7 Å². The first kappa shape index (κ1) is 11.4. The minimum Gasteiger partial charge on any atom is -0.447 e. The molecule has 0 saturated carbocycles. The lowest BCUT2D eigenvalue weighted by molar-refractivity contribution is 0.181. The maximum absolute atomic E-state index is 11.4. The van der Waals surface area contributed by atoms with Crippen LogP contribution in [-0.4, -0.2) is 47.7 Å². The summed E-state index contributed by atoms with van der Waals surface area (Å²) in [4.78, 5) is 24.0. The summed E-state index contributed by atoms with van der Waals surface area (Å²) in [5, 5.41) is 0. The monoisotopic (exact) mass is 248 g/mol. The van der Waals surface area contributed by atoms with E-state index < -0.39 is 0 Å². The second kappa shape index (κ2) is 4.53. The Bertz CT molecular complexity index is 448. The van der Waals surface area contributed by atoms with Gasteiger partial charge in [-0.15, -0.1) is 0 Å². The summed E-state index contributed by atoms with van der Waals surface area (Å²) in [5.74, 6) is 0.571. The van der Waals surface area contributed by atoms with Gasteiger partial charge in [-0.25, -0.2) is 9.78 Å². The van der Waals surface area contributed by atoms with E-state index in [2.05, 4.69) is 21.9 Å².